The molecule has 4 aliphatic heterocycles. The number of ether oxygens (including phenoxy) is 3. The van der Waals surface area contributed by atoms with Gasteiger partial charge in [-0.25, -0.2) is 0 Å². The first-order valence-corrected chi connectivity index (χ1v) is 8.81. The van der Waals surface area contributed by atoms with Gasteiger partial charge in [-0.05, 0) is 37.1 Å². The number of carbonyl (C=O) groups is 1. The van der Waals surface area contributed by atoms with Crippen molar-refractivity contribution in [2.24, 2.45) is 11.8 Å². The summed E-state index contributed by atoms with van der Waals surface area (Å²) in [5.74, 6) is 0.292. The summed E-state index contributed by atoms with van der Waals surface area (Å²) >= 11 is 0. The van der Waals surface area contributed by atoms with E-state index in [1.165, 1.54) is 12.1 Å². The zero-order chi connectivity index (χ0) is 17.6. The first-order valence-electron chi connectivity index (χ1n) is 8.81. The maximum atomic E-state index is 12.8. The Labute approximate surface area is 148 Å². The lowest BCUT2D eigenvalue weighted by Gasteiger charge is -2.41. The van der Waals surface area contributed by atoms with E-state index in [9.17, 15) is 15.0 Å². The van der Waals surface area contributed by atoms with E-state index in [4.69, 9.17) is 14.2 Å². The van der Waals surface area contributed by atoms with Gasteiger partial charge in [0.2, 0.25) is 0 Å². The molecule has 132 valence electrons. The Bertz CT molecular complexity index is 915. The van der Waals surface area contributed by atoms with Gasteiger partial charge in [-0.2, -0.15) is 0 Å². The van der Waals surface area contributed by atoms with Crippen LogP contribution in [0.15, 0.2) is 36.4 Å². The molecule has 2 aromatic carbocycles. The summed E-state index contributed by atoms with van der Waals surface area (Å²) < 4.78 is 18.1. The highest BCUT2D eigenvalue weighted by molar-refractivity contribution is 5.81. The standard InChI is InChI=1S/C20H16O6/c21-9-1-3-11-15(7-9)25-16-8-10(22)2-4-12(16)20(11)18-14-6-5-13(24-14)17(18)19(23)26-20/h1-4,7-8,13-14,17-18,21-22H,5-6H2/t13-,14+,17-,18-/m0/s1. The molecule has 2 N–H and O–H groups in total. The number of fused-ring (bicyclic) bond motifs is 10. The van der Waals surface area contributed by atoms with Gasteiger partial charge in [0, 0.05) is 29.2 Å². The highest BCUT2D eigenvalue weighted by Crippen LogP contribution is 2.64. The molecule has 3 saturated heterocycles. The van der Waals surface area contributed by atoms with Crippen molar-refractivity contribution >= 4 is 5.97 Å². The maximum absolute atomic E-state index is 12.8. The Balaban J connectivity index is 1.66. The van der Waals surface area contributed by atoms with Crippen LogP contribution in [0.25, 0.3) is 0 Å². The predicted molar refractivity (Wildman–Crippen MR) is 88.0 cm³/mol. The first kappa shape index (κ1) is 14.4. The summed E-state index contributed by atoms with van der Waals surface area (Å²) in [5, 5.41) is 19.8. The number of phenols is 2. The average Bonchev–Trinajstić information content (AvgIpc) is 3.28. The van der Waals surface area contributed by atoms with E-state index in [2.05, 4.69) is 0 Å². The molecule has 0 radical (unpaired) electrons. The van der Waals surface area contributed by atoms with E-state index in [1.807, 2.05) is 0 Å². The fourth-order valence-electron chi connectivity index (χ4n) is 5.33. The van der Waals surface area contributed by atoms with Crippen LogP contribution in [0.5, 0.6) is 23.0 Å². The van der Waals surface area contributed by atoms with Crippen molar-refractivity contribution in [3.8, 4) is 23.0 Å². The molecule has 4 atom stereocenters. The Kier molecular flexibility index (Phi) is 2.50. The zero-order valence-corrected chi connectivity index (χ0v) is 13.7. The van der Waals surface area contributed by atoms with Crippen LogP contribution in [0.2, 0.25) is 0 Å². The number of hydrogen-bond donors (Lipinski definition) is 2. The fourth-order valence-corrected chi connectivity index (χ4v) is 5.33. The normalized spacial score (nSPS) is 31.9. The van der Waals surface area contributed by atoms with Crippen LogP contribution < -0.4 is 4.74 Å². The van der Waals surface area contributed by atoms with Crippen LogP contribution in [-0.2, 0) is 19.9 Å². The van der Waals surface area contributed by atoms with E-state index in [0.717, 1.165) is 12.8 Å². The van der Waals surface area contributed by atoms with Gasteiger partial charge in [-0.15, -0.1) is 0 Å². The van der Waals surface area contributed by atoms with Gasteiger partial charge in [-0.3, -0.25) is 4.79 Å². The second-order valence-corrected chi connectivity index (χ2v) is 7.46. The topological polar surface area (TPSA) is 85.2 Å². The maximum Gasteiger partial charge on any atom is 0.313 e. The molecule has 6 heteroatoms. The molecule has 2 aromatic rings. The van der Waals surface area contributed by atoms with Crippen LogP contribution in [-0.4, -0.2) is 28.4 Å². The SMILES string of the molecule is O=C1OC2(c3ccc(O)cc3Oc3cc(O)ccc32)[C@@H]2[C@@H]1[C@@H]1CC[C@H]2O1. The molecule has 3 fully saturated rings. The number of hydrogen-bond acceptors (Lipinski definition) is 6. The van der Waals surface area contributed by atoms with Gasteiger partial charge >= 0.3 is 5.97 Å². The molecular weight excluding hydrogens is 336 g/mol. The molecule has 6 rings (SSSR count). The molecule has 0 aliphatic carbocycles. The lowest BCUT2D eigenvalue weighted by Crippen LogP contribution is -2.42. The van der Waals surface area contributed by atoms with Gasteiger partial charge in [0.15, 0.2) is 5.60 Å². The summed E-state index contributed by atoms with van der Waals surface area (Å²) in [7, 11) is 0. The fraction of sp³-hybridized carbons (Fsp3) is 0.350. The van der Waals surface area contributed by atoms with Crippen molar-refractivity contribution in [3.63, 3.8) is 0 Å². The average molecular weight is 352 g/mol. The number of carbonyl (C=O) groups excluding carboxylic acids is 1. The van der Waals surface area contributed by atoms with Crippen molar-refractivity contribution in [3.05, 3.63) is 47.5 Å². The lowest BCUT2D eigenvalue weighted by molar-refractivity contribution is -0.153. The van der Waals surface area contributed by atoms with Crippen LogP contribution in [0.1, 0.15) is 24.0 Å². The summed E-state index contributed by atoms with van der Waals surface area (Å²) in [6.45, 7) is 0. The van der Waals surface area contributed by atoms with Gasteiger partial charge in [0.05, 0.1) is 18.1 Å². The molecule has 0 saturated carbocycles. The van der Waals surface area contributed by atoms with Gasteiger partial charge in [0.25, 0.3) is 0 Å². The Morgan fingerprint density at radius 3 is 2.19 bits per heavy atom. The van der Waals surface area contributed by atoms with E-state index in [-0.39, 0.29) is 41.5 Å². The van der Waals surface area contributed by atoms with Crippen LogP contribution in [0.4, 0.5) is 0 Å². The summed E-state index contributed by atoms with van der Waals surface area (Å²) in [4.78, 5) is 12.8. The molecule has 4 heterocycles. The number of rotatable bonds is 0. The first-order chi connectivity index (χ1) is 12.6. The molecule has 0 aromatic heterocycles. The zero-order valence-electron chi connectivity index (χ0n) is 13.7. The van der Waals surface area contributed by atoms with E-state index in [1.54, 1.807) is 24.3 Å². The summed E-state index contributed by atoms with van der Waals surface area (Å²) in [6, 6.07) is 9.68. The van der Waals surface area contributed by atoms with E-state index >= 15 is 0 Å². The smallest absolute Gasteiger partial charge is 0.313 e. The second-order valence-electron chi connectivity index (χ2n) is 7.46. The highest BCUT2D eigenvalue weighted by Gasteiger charge is 2.70. The monoisotopic (exact) mass is 352 g/mol. The Morgan fingerprint density at radius 2 is 1.54 bits per heavy atom. The largest absolute Gasteiger partial charge is 0.508 e. The quantitative estimate of drug-likeness (QED) is 0.709. The molecule has 6 nitrogen and oxygen atoms in total. The molecule has 2 bridgehead atoms. The van der Waals surface area contributed by atoms with Gasteiger partial charge in [-0.1, -0.05) is 0 Å². The summed E-state index contributed by atoms with van der Waals surface area (Å²) in [5.41, 5.74) is 0.405. The minimum atomic E-state index is -1.02. The van der Waals surface area contributed by atoms with Gasteiger partial charge in [0.1, 0.15) is 23.0 Å². The number of benzene rings is 2. The number of esters is 1. The van der Waals surface area contributed by atoms with Crippen LogP contribution in [0, 0.1) is 11.8 Å². The lowest BCUT2D eigenvalue weighted by atomic mass is 9.66. The van der Waals surface area contributed by atoms with Crippen molar-refractivity contribution < 1.29 is 29.2 Å². The van der Waals surface area contributed by atoms with Crippen molar-refractivity contribution in [1.29, 1.82) is 0 Å². The minimum Gasteiger partial charge on any atom is -0.508 e. The minimum absolute atomic E-state index is 0.0575. The summed E-state index contributed by atoms with van der Waals surface area (Å²) in [6.07, 6.45) is 1.61. The van der Waals surface area contributed by atoms with E-state index in [0.29, 0.717) is 22.6 Å². The number of aromatic hydroxyl groups is 2. The molecule has 4 aliphatic rings. The number of phenolic OH excluding ortho intramolecular Hbond substituents is 2. The van der Waals surface area contributed by atoms with E-state index < -0.39 is 5.60 Å². The van der Waals surface area contributed by atoms with Crippen molar-refractivity contribution in [2.75, 3.05) is 0 Å². The van der Waals surface area contributed by atoms with Crippen LogP contribution in [0.3, 0.4) is 0 Å². The third-order valence-corrected chi connectivity index (χ3v) is 6.23. The Hall–Kier alpha value is -2.73. The van der Waals surface area contributed by atoms with Crippen molar-refractivity contribution in [2.45, 2.75) is 30.7 Å². The third kappa shape index (κ3) is 1.54. The predicted octanol–water partition coefficient (Wildman–Crippen LogP) is 2.80. The van der Waals surface area contributed by atoms with Crippen molar-refractivity contribution in [1.82, 2.24) is 0 Å². The molecule has 0 unspecified atom stereocenters. The second kappa shape index (κ2) is 4.51. The molecule has 0 amide bonds. The van der Waals surface area contributed by atoms with Crippen LogP contribution >= 0.6 is 0 Å². The van der Waals surface area contributed by atoms with Gasteiger partial charge < -0.3 is 24.4 Å². The molecule has 26 heavy (non-hydrogen) atoms. The highest BCUT2D eigenvalue weighted by atomic mass is 16.6. The third-order valence-electron chi connectivity index (χ3n) is 6.23. The molecule has 1 spiro atoms. The Morgan fingerprint density at radius 1 is 0.923 bits per heavy atom. The molecular formula is C20H16O6.